The first-order valence-corrected chi connectivity index (χ1v) is 5.85. The topological polar surface area (TPSA) is 30.5 Å². The molecule has 2 rings (SSSR count). The first kappa shape index (κ1) is 10.4. The van der Waals surface area contributed by atoms with Crippen LogP contribution in [0.25, 0.3) is 0 Å². The molecule has 2 fully saturated rings. The highest BCUT2D eigenvalue weighted by atomic mass is 16.5. The summed E-state index contributed by atoms with van der Waals surface area (Å²) in [4.78, 5) is 0. The molecule has 0 amide bonds. The van der Waals surface area contributed by atoms with Crippen molar-refractivity contribution in [3.8, 4) is 0 Å². The summed E-state index contributed by atoms with van der Waals surface area (Å²) in [6.07, 6.45) is 5.33. The smallest absolute Gasteiger partial charge is 0.0587 e. The SMILES string of the molecule is C1CNCCC(OCC2CCOC2)C1. The summed E-state index contributed by atoms with van der Waals surface area (Å²) in [6, 6.07) is 0. The highest BCUT2D eigenvalue weighted by Crippen LogP contribution is 2.16. The van der Waals surface area contributed by atoms with Crippen LogP contribution in [0.15, 0.2) is 0 Å². The summed E-state index contributed by atoms with van der Waals surface area (Å²) >= 11 is 0. The molecule has 82 valence electrons. The van der Waals surface area contributed by atoms with Gasteiger partial charge in [0.05, 0.1) is 19.3 Å². The summed E-state index contributed by atoms with van der Waals surface area (Å²) in [6.45, 7) is 5.02. The van der Waals surface area contributed by atoms with E-state index in [9.17, 15) is 0 Å². The fraction of sp³-hybridized carbons (Fsp3) is 1.00. The minimum Gasteiger partial charge on any atom is -0.381 e. The number of nitrogens with one attached hydrogen (secondary N) is 1. The second-order valence-electron chi connectivity index (χ2n) is 4.37. The quantitative estimate of drug-likeness (QED) is 0.740. The van der Waals surface area contributed by atoms with Crippen LogP contribution >= 0.6 is 0 Å². The van der Waals surface area contributed by atoms with Crippen LogP contribution in [0.2, 0.25) is 0 Å². The fourth-order valence-electron chi connectivity index (χ4n) is 2.14. The highest BCUT2D eigenvalue weighted by Gasteiger charge is 2.18. The van der Waals surface area contributed by atoms with Gasteiger partial charge in [-0.1, -0.05) is 0 Å². The Hall–Kier alpha value is -0.120. The average molecular weight is 199 g/mol. The summed E-state index contributed by atoms with van der Waals surface area (Å²) in [5, 5.41) is 3.40. The van der Waals surface area contributed by atoms with Crippen LogP contribution in [-0.2, 0) is 9.47 Å². The Morgan fingerprint density at radius 3 is 3.07 bits per heavy atom. The van der Waals surface area contributed by atoms with Gasteiger partial charge in [0.1, 0.15) is 0 Å². The maximum atomic E-state index is 5.93. The molecule has 2 atom stereocenters. The van der Waals surface area contributed by atoms with E-state index in [0.29, 0.717) is 12.0 Å². The zero-order valence-corrected chi connectivity index (χ0v) is 8.84. The second kappa shape index (κ2) is 5.69. The number of ether oxygens (including phenoxy) is 2. The molecule has 2 unspecified atom stereocenters. The molecule has 0 saturated carbocycles. The molecule has 2 aliphatic heterocycles. The molecule has 0 aromatic heterocycles. The predicted molar refractivity (Wildman–Crippen MR) is 55.4 cm³/mol. The van der Waals surface area contributed by atoms with E-state index in [1.165, 1.54) is 25.7 Å². The van der Waals surface area contributed by atoms with E-state index in [2.05, 4.69) is 5.32 Å². The Morgan fingerprint density at radius 1 is 1.21 bits per heavy atom. The van der Waals surface area contributed by atoms with E-state index in [1.54, 1.807) is 0 Å². The van der Waals surface area contributed by atoms with Crippen LogP contribution in [0, 0.1) is 5.92 Å². The molecule has 0 aromatic carbocycles. The van der Waals surface area contributed by atoms with Crippen LogP contribution in [-0.4, -0.2) is 39.0 Å². The molecule has 0 radical (unpaired) electrons. The molecule has 2 aliphatic rings. The van der Waals surface area contributed by atoms with E-state index in [1.807, 2.05) is 0 Å². The van der Waals surface area contributed by atoms with Crippen molar-refractivity contribution in [1.29, 1.82) is 0 Å². The van der Waals surface area contributed by atoms with Crippen LogP contribution in [0.1, 0.15) is 25.7 Å². The van der Waals surface area contributed by atoms with E-state index >= 15 is 0 Å². The van der Waals surface area contributed by atoms with Crippen molar-refractivity contribution in [1.82, 2.24) is 5.32 Å². The lowest BCUT2D eigenvalue weighted by atomic mass is 10.1. The normalized spacial score (nSPS) is 34.3. The van der Waals surface area contributed by atoms with Gasteiger partial charge in [-0.05, 0) is 38.8 Å². The number of hydrogen-bond donors (Lipinski definition) is 1. The van der Waals surface area contributed by atoms with E-state index < -0.39 is 0 Å². The first-order chi connectivity index (χ1) is 6.95. The van der Waals surface area contributed by atoms with Gasteiger partial charge in [-0.2, -0.15) is 0 Å². The molecular weight excluding hydrogens is 178 g/mol. The minimum atomic E-state index is 0.491. The van der Waals surface area contributed by atoms with Gasteiger partial charge in [0, 0.05) is 12.5 Å². The van der Waals surface area contributed by atoms with Gasteiger partial charge in [-0.25, -0.2) is 0 Å². The molecule has 0 spiro atoms. The summed E-state index contributed by atoms with van der Waals surface area (Å²) < 4.78 is 11.3. The van der Waals surface area contributed by atoms with Gasteiger partial charge < -0.3 is 14.8 Å². The highest BCUT2D eigenvalue weighted by molar-refractivity contribution is 4.69. The van der Waals surface area contributed by atoms with Gasteiger partial charge in [0.15, 0.2) is 0 Å². The molecule has 0 aromatic rings. The molecule has 3 heteroatoms. The Bertz CT molecular complexity index is 149. The predicted octanol–water partition coefficient (Wildman–Crippen LogP) is 1.18. The zero-order chi connectivity index (χ0) is 9.64. The lowest BCUT2D eigenvalue weighted by Gasteiger charge is -2.17. The lowest BCUT2D eigenvalue weighted by Crippen LogP contribution is -2.20. The van der Waals surface area contributed by atoms with Crippen LogP contribution in [0.5, 0.6) is 0 Å². The number of hydrogen-bond acceptors (Lipinski definition) is 3. The maximum Gasteiger partial charge on any atom is 0.0587 e. The second-order valence-corrected chi connectivity index (χ2v) is 4.37. The summed E-state index contributed by atoms with van der Waals surface area (Å²) in [7, 11) is 0. The Balaban J connectivity index is 1.62. The van der Waals surface area contributed by atoms with Crippen molar-refractivity contribution >= 4 is 0 Å². The van der Waals surface area contributed by atoms with Crippen LogP contribution in [0.4, 0.5) is 0 Å². The van der Waals surface area contributed by atoms with Gasteiger partial charge in [0.2, 0.25) is 0 Å². The van der Waals surface area contributed by atoms with Crippen LogP contribution < -0.4 is 5.32 Å². The van der Waals surface area contributed by atoms with Crippen LogP contribution in [0.3, 0.4) is 0 Å². The van der Waals surface area contributed by atoms with E-state index in [0.717, 1.165) is 32.9 Å². The summed E-state index contributed by atoms with van der Waals surface area (Å²) in [5.41, 5.74) is 0. The van der Waals surface area contributed by atoms with Gasteiger partial charge in [0.25, 0.3) is 0 Å². The van der Waals surface area contributed by atoms with E-state index in [4.69, 9.17) is 9.47 Å². The van der Waals surface area contributed by atoms with E-state index in [-0.39, 0.29) is 0 Å². The Labute approximate surface area is 86.2 Å². The van der Waals surface area contributed by atoms with Gasteiger partial charge in [-0.15, -0.1) is 0 Å². The Morgan fingerprint density at radius 2 is 2.21 bits per heavy atom. The lowest BCUT2D eigenvalue weighted by molar-refractivity contribution is 0.0199. The van der Waals surface area contributed by atoms with Gasteiger partial charge in [-0.3, -0.25) is 0 Å². The van der Waals surface area contributed by atoms with Crippen molar-refractivity contribution in [3.05, 3.63) is 0 Å². The van der Waals surface area contributed by atoms with Crippen molar-refractivity contribution in [2.45, 2.75) is 31.8 Å². The van der Waals surface area contributed by atoms with Crippen molar-refractivity contribution in [2.75, 3.05) is 32.9 Å². The maximum absolute atomic E-state index is 5.93. The average Bonchev–Trinajstić information content (AvgIpc) is 2.58. The van der Waals surface area contributed by atoms with Crippen molar-refractivity contribution in [3.63, 3.8) is 0 Å². The largest absolute Gasteiger partial charge is 0.381 e. The molecule has 2 saturated heterocycles. The molecule has 1 N–H and O–H groups in total. The third-order valence-electron chi connectivity index (χ3n) is 3.11. The molecule has 2 heterocycles. The number of rotatable bonds is 3. The molecule has 3 nitrogen and oxygen atoms in total. The monoisotopic (exact) mass is 199 g/mol. The third-order valence-corrected chi connectivity index (χ3v) is 3.11. The van der Waals surface area contributed by atoms with Crippen molar-refractivity contribution < 1.29 is 9.47 Å². The zero-order valence-electron chi connectivity index (χ0n) is 8.84. The fourth-order valence-corrected chi connectivity index (χ4v) is 2.14. The van der Waals surface area contributed by atoms with Gasteiger partial charge >= 0.3 is 0 Å². The third kappa shape index (κ3) is 3.23. The minimum absolute atomic E-state index is 0.491. The standard InChI is InChI=1S/C11H21NO2/c1-2-11(3-6-12-5-1)14-9-10-4-7-13-8-10/h10-12H,1-9H2. The summed E-state index contributed by atoms with van der Waals surface area (Å²) in [5.74, 6) is 0.659. The molecule has 0 aliphatic carbocycles. The Kier molecular flexibility index (Phi) is 4.22. The first-order valence-electron chi connectivity index (χ1n) is 5.85. The molecular formula is C11H21NO2. The van der Waals surface area contributed by atoms with Crippen molar-refractivity contribution in [2.24, 2.45) is 5.92 Å². The molecule has 0 bridgehead atoms. The molecule has 14 heavy (non-hydrogen) atoms.